The average molecular weight is 387 g/mol. The number of hydrogen-bond donors (Lipinski definition) is 0. The molecule has 134 valence electrons. The van der Waals surface area contributed by atoms with E-state index in [1.54, 1.807) is 0 Å². The molecule has 0 spiro atoms. The summed E-state index contributed by atoms with van der Waals surface area (Å²) in [5.74, 6) is 0. The maximum absolute atomic E-state index is 11.9. The molecule has 0 aliphatic carbocycles. The van der Waals surface area contributed by atoms with E-state index in [-0.39, 0.29) is 0 Å². The molecule has 0 heterocycles. The van der Waals surface area contributed by atoms with Crippen molar-refractivity contribution >= 4 is 15.9 Å². The van der Waals surface area contributed by atoms with Crippen LogP contribution in [0.3, 0.4) is 0 Å². The smallest absolute Gasteiger partial charge is 0.171 e. The molecule has 0 aromatic carbocycles. The summed E-state index contributed by atoms with van der Waals surface area (Å²) in [6, 6.07) is 0. The zero-order valence-corrected chi connectivity index (χ0v) is 15.6. The highest BCUT2D eigenvalue weighted by Crippen LogP contribution is 2.23. The lowest BCUT2D eigenvalue weighted by Gasteiger charge is -2.05. The summed E-state index contributed by atoms with van der Waals surface area (Å²) in [5, 5.41) is 1.13. The molecular formula is C18H34BrF3. The van der Waals surface area contributed by atoms with Crippen molar-refractivity contribution in [1.29, 1.82) is 0 Å². The van der Waals surface area contributed by atoms with Crippen LogP contribution in [0.25, 0.3) is 0 Å². The summed E-state index contributed by atoms with van der Waals surface area (Å²) in [5.41, 5.74) is 0. The van der Waals surface area contributed by atoms with Crippen molar-refractivity contribution in [2.24, 2.45) is 0 Å². The largest absolute Gasteiger partial charge is 0.389 e. The van der Waals surface area contributed by atoms with Gasteiger partial charge >= 0.3 is 6.18 Å². The van der Waals surface area contributed by atoms with Crippen molar-refractivity contribution < 1.29 is 13.2 Å². The Hall–Kier alpha value is 0.270. The van der Waals surface area contributed by atoms with Crippen molar-refractivity contribution in [3.05, 3.63) is 0 Å². The fourth-order valence-corrected chi connectivity index (χ4v) is 3.11. The first-order valence-corrected chi connectivity index (χ1v) is 10.3. The van der Waals surface area contributed by atoms with E-state index in [9.17, 15) is 13.2 Å². The Morgan fingerprint density at radius 1 is 0.455 bits per heavy atom. The Kier molecular flexibility index (Phi) is 16.3. The Balaban J connectivity index is 3.00. The van der Waals surface area contributed by atoms with Crippen LogP contribution in [0.15, 0.2) is 0 Å². The van der Waals surface area contributed by atoms with Crippen LogP contribution in [0.2, 0.25) is 0 Å². The molecule has 0 fully saturated rings. The third kappa shape index (κ3) is 20.3. The topological polar surface area (TPSA) is 0 Å². The van der Waals surface area contributed by atoms with Gasteiger partial charge in [-0.1, -0.05) is 99.4 Å². The van der Waals surface area contributed by atoms with E-state index in [1.807, 2.05) is 0 Å². The molecule has 0 radical (unpaired) electrons. The molecule has 0 nitrogen and oxygen atoms in total. The Morgan fingerprint density at radius 2 is 0.727 bits per heavy atom. The van der Waals surface area contributed by atoms with Gasteiger partial charge < -0.3 is 0 Å². The number of rotatable bonds is 16. The zero-order chi connectivity index (χ0) is 16.5. The minimum absolute atomic E-state index is 0.305. The van der Waals surface area contributed by atoms with Gasteiger partial charge in [-0.05, 0) is 12.8 Å². The van der Waals surface area contributed by atoms with Crippen LogP contribution in [0.1, 0.15) is 103 Å². The molecule has 0 saturated carbocycles. The minimum atomic E-state index is -3.96. The summed E-state index contributed by atoms with van der Waals surface area (Å²) in [7, 11) is 0. The van der Waals surface area contributed by atoms with Gasteiger partial charge in [0, 0.05) is 11.8 Å². The maximum atomic E-state index is 11.9. The molecule has 0 aromatic heterocycles. The summed E-state index contributed by atoms with van der Waals surface area (Å²) >= 11 is 3.45. The average Bonchev–Trinajstić information content (AvgIpc) is 2.45. The van der Waals surface area contributed by atoms with E-state index in [4.69, 9.17) is 0 Å². The highest BCUT2D eigenvalue weighted by atomic mass is 79.9. The molecule has 0 rings (SSSR count). The Morgan fingerprint density at radius 3 is 1.00 bits per heavy atom. The number of alkyl halides is 4. The van der Waals surface area contributed by atoms with E-state index in [0.29, 0.717) is 6.42 Å². The van der Waals surface area contributed by atoms with Gasteiger partial charge in [0.1, 0.15) is 0 Å². The van der Waals surface area contributed by atoms with Gasteiger partial charge in [0.2, 0.25) is 0 Å². The van der Waals surface area contributed by atoms with E-state index in [2.05, 4.69) is 15.9 Å². The van der Waals surface area contributed by atoms with Crippen molar-refractivity contribution in [2.45, 2.75) is 109 Å². The predicted molar refractivity (Wildman–Crippen MR) is 93.7 cm³/mol. The number of halogens is 4. The van der Waals surface area contributed by atoms with Crippen molar-refractivity contribution in [1.82, 2.24) is 0 Å². The van der Waals surface area contributed by atoms with E-state index < -0.39 is 12.6 Å². The fourth-order valence-electron chi connectivity index (χ4n) is 2.72. The third-order valence-electron chi connectivity index (χ3n) is 4.09. The molecule has 0 amide bonds. The molecule has 0 atom stereocenters. The molecule has 0 saturated heterocycles. The van der Waals surface area contributed by atoms with Crippen LogP contribution in [0.5, 0.6) is 0 Å². The Labute approximate surface area is 143 Å². The first-order valence-electron chi connectivity index (χ1n) is 9.19. The normalized spacial score (nSPS) is 12.0. The van der Waals surface area contributed by atoms with E-state index in [1.165, 1.54) is 70.6 Å². The van der Waals surface area contributed by atoms with E-state index >= 15 is 0 Å². The Bertz CT molecular complexity index is 217. The maximum Gasteiger partial charge on any atom is 0.389 e. The van der Waals surface area contributed by atoms with Crippen LogP contribution in [0, 0.1) is 0 Å². The standard InChI is InChI=1S/C18H34BrF3/c19-17-15-13-11-9-7-5-3-1-2-4-6-8-10-12-14-16-18(20,21)22/h1-17H2. The quantitative estimate of drug-likeness (QED) is 0.185. The van der Waals surface area contributed by atoms with Crippen LogP contribution in [-0.4, -0.2) is 11.5 Å². The van der Waals surface area contributed by atoms with Crippen molar-refractivity contribution in [3.63, 3.8) is 0 Å². The molecule has 4 heteroatoms. The molecule has 0 N–H and O–H groups in total. The highest BCUT2D eigenvalue weighted by Gasteiger charge is 2.25. The fraction of sp³-hybridized carbons (Fsp3) is 1.00. The lowest BCUT2D eigenvalue weighted by Crippen LogP contribution is -2.06. The summed E-state index contributed by atoms with van der Waals surface area (Å²) in [4.78, 5) is 0. The van der Waals surface area contributed by atoms with Crippen molar-refractivity contribution in [3.8, 4) is 0 Å². The summed E-state index contributed by atoms with van der Waals surface area (Å²) < 4.78 is 35.8. The molecule has 0 unspecified atom stereocenters. The zero-order valence-electron chi connectivity index (χ0n) is 14.0. The van der Waals surface area contributed by atoms with Gasteiger partial charge in [0.05, 0.1) is 0 Å². The second-order valence-corrected chi connectivity index (χ2v) is 7.15. The van der Waals surface area contributed by atoms with Crippen LogP contribution in [0.4, 0.5) is 13.2 Å². The molecule has 0 bridgehead atoms. The molecule has 22 heavy (non-hydrogen) atoms. The SMILES string of the molecule is FC(F)(F)CCCCCCCCCCCCCCCCCBr. The second-order valence-electron chi connectivity index (χ2n) is 6.36. The van der Waals surface area contributed by atoms with Gasteiger partial charge in [-0.3, -0.25) is 0 Å². The summed E-state index contributed by atoms with van der Waals surface area (Å²) in [6.07, 6.45) is 13.1. The van der Waals surface area contributed by atoms with Gasteiger partial charge in [-0.15, -0.1) is 0 Å². The van der Waals surface area contributed by atoms with Gasteiger partial charge in [-0.2, -0.15) is 13.2 Å². The lowest BCUT2D eigenvalue weighted by molar-refractivity contribution is -0.135. The van der Waals surface area contributed by atoms with Gasteiger partial charge in [-0.25, -0.2) is 0 Å². The van der Waals surface area contributed by atoms with E-state index in [0.717, 1.165) is 24.6 Å². The number of unbranched alkanes of at least 4 members (excludes halogenated alkanes) is 14. The van der Waals surface area contributed by atoms with Crippen LogP contribution >= 0.6 is 15.9 Å². The second kappa shape index (κ2) is 16.1. The van der Waals surface area contributed by atoms with Gasteiger partial charge in [0.25, 0.3) is 0 Å². The highest BCUT2D eigenvalue weighted by molar-refractivity contribution is 9.09. The molecular weight excluding hydrogens is 353 g/mol. The summed E-state index contributed by atoms with van der Waals surface area (Å²) in [6.45, 7) is 0. The first-order chi connectivity index (χ1) is 10.6. The molecule has 0 aromatic rings. The first kappa shape index (κ1) is 22.3. The van der Waals surface area contributed by atoms with Crippen LogP contribution in [-0.2, 0) is 0 Å². The monoisotopic (exact) mass is 386 g/mol. The molecule has 0 aliphatic heterocycles. The number of hydrogen-bond acceptors (Lipinski definition) is 0. The third-order valence-corrected chi connectivity index (χ3v) is 4.65. The minimum Gasteiger partial charge on any atom is -0.171 e. The van der Waals surface area contributed by atoms with Crippen LogP contribution < -0.4 is 0 Å². The van der Waals surface area contributed by atoms with Crippen molar-refractivity contribution in [2.75, 3.05) is 5.33 Å². The lowest BCUT2D eigenvalue weighted by atomic mass is 10.0. The predicted octanol–water partition coefficient (Wildman–Crippen LogP) is 8.19. The van der Waals surface area contributed by atoms with Gasteiger partial charge in [0.15, 0.2) is 0 Å². The molecule has 0 aliphatic rings.